The topological polar surface area (TPSA) is 27.3 Å². The van der Waals surface area contributed by atoms with Gasteiger partial charge >= 0.3 is 0 Å². The third-order valence-corrected chi connectivity index (χ3v) is 5.89. The van der Waals surface area contributed by atoms with Crippen molar-refractivity contribution in [1.82, 2.24) is 14.9 Å². The first-order valence-corrected chi connectivity index (χ1v) is 8.29. The summed E-state index contributed by atoms with van der Waals surface area (Å²) in [4.78, 5) is 9.40. The predicted octanol–water partition coefficient (Wildman–Crippen LogP) is 0.910. The standard InChI is InChI=1S/C11H27N3Si/c1-12-15(13-2)10-9-14(3)11-7-5-4-6-8-11/h11-13,15H,4-10H2,1-3H3. The summed E-state index contributed by atoms with van der Waals surface area (Å²) >= 11 is 0. The summed E-state index contributed by atoms with van der Waals surface area (Å²) in [6.07, 6.45) is 7.17. The van der Waals surface area contributed by atoms with Gasteiger partial charge in [-0.1, -0.05) is 19.3 Å². The third kappa shape index (κ3) is 4.63. The number of hydrogen-bond donors (Lipinski definition) is 2. The summed E-state index contributed by atoms with van der Waals surface area (Å²) in [6, 6.07) is 2.18. The molecule has 2 N–H and O–H groups in total. The van der Waals surface area contributed by atoms with Crippen LogP contribution in [0.15, 0.2) is 0 Å². The summed E-state index contributed by atoms with van der Waals surface area (Å²) in [5, 5.41) is 0. The zero-order valence-corrected chi connectivity index (χ0v) is 11.7. The maximum atomic E-state index is 3.41. The second-order valence-corrected chi connectivity index (χ2v) is 7.53. The zero-order chi connectivity index (χ0) is 11.1. The Balaban J connectivity index is 2.18. The van der Waals surface area contributed by atoms with Gasteiger partial charge in [0.25, 0.3) is 0 Å². The minimum absolute atomic E-state index is 0.844. The van der Waals surface area contributed by atoms with Crippen LogP contribution in [0.3, 0.4) is 0 Å². The van der Waals surface area contributed by atoms with Crippen LogP contribution in [0, 0.1) is 0 Å². The highest BCUT2D eigenvalue weighted by atomic mass is 28.3. The first kappa shape index (κ1) is 13.2. The Morgan fingerprint density at radius 1 is 1.13 bits per heavy atom. The molecule has 0 atom stereocenters. The summed E-state index contributed by atoms with van der Waals surface area (Å²) < 4.78 is 0. The molecule has 0 radical (unpaired) electrons. The van der Waals surface area contributed by atoms with Gasteiger partial charge in [-0.15, -0.1) is 0 Å². The Morgan fingerprint density at radius 3 is 2.27 bits per heavy atom. The molecule has 0 aliphatic heterocycles. The molecule has 0 aromatic rings. The van der Waals surface area contributed by atoms with Crippen molar-refractivity contribution in [2.24, 2.45) is 0 Å². The van der Waals surface area contributed by atoms with E-state index in [2.05, 4.69) is 36.0 Å². The van der Waals surface area contributed by atoms with Crippen LogP contribution in [0.4, 0.5) is 0 Å². The van der Waals surface area contributed by atoms with Crippen molar-refractivity contribution in [2.45, 2.75) is 44.2 Å². The zero-order valence-electron chi connectivity index (χ0n) is 10.6. The largest absolute Gasteiger partial charge is 0.331 e. The average Bonchev–Trinajstić information content (AvgIpc) is 2.31. The van der Waals surface area contributed by atoms with Crippen LogP contribution < -0.4 is 9.96 Å². The lowest BCUT2D eigenvalue weighted by Crippen LogP contribution is -2.46. The van der Waals surface area contributed by atoms with Crippen molar-refractivity contribution < 1.29 is 0 Å². The van der Waals surface area contributed by atoms with Crippen LogP contribution in [-0.2, 0) is 0 Å². The lowest BCUT2D eigenvalue weighted by Gasteiger charge is -2.31. The molecule has 90 valence electrons. The normalized spacial score (nSPS) is 19.0. The number of rotatable bonds is 6. The molecule has 1 saturated carbocycles. The Labute approximate surface area is 96.4 Å². The highest BCUT2D eigenvalue weighted by molar-refractivity contribution is 6.53. The van der Waals surface area contributed by atoms with Crippen LogP contribution in [0.25, 0.3) is 0 Å². The van der Waals surface area contributed by atoms with E-state index in [1.165, 1.54) is 44.7 Å². The lowest BCUT2D eigenvalue weighted by atomic mass is 9.94. The van der Waals surface area contributed by atoms with Crippen LogP contribution in [0.5, 0.6) is 0 Å². The molecule has 0 amide bonds. The van der Waals surface area contributed by atoms with E-state index in [1.54, 1.807) is 0 Å². The Hall–Kier alpha value is 0.0969. The van der Waals surface area contributed by atoms with Gasteiger partial charge in [-0.25, -0.2) is 0 Å². The number of hydrogen-bond acceptors (Lipinski definition) is 3. The van der Waals surface area contributed by atoms with Gasteiger partial charge in [0.2, 0.25) is 0 Å². The summed E-state index contributed by atoms with van der Waals surface area (Å²) in [5.74, 6) is 0. The van der Waals surface area contributed by atoms with Gasteiger partial charge in [-0.05, 0) is 46.6 Å². The highest BCUT2D eigenvalue weighted by Gasteiger charge is 2.18. The quantitative estimate of drug-likeness (QED) is 0.663. The minimum atomic E-state index is -0.844. The second kappa shape index (κ2) is 7.38. The molecule has 1 aliphatic rings. The van der Waals surface area contributed by atoms with Crippen LogP contribution in [0.2, 0.25) is 6.04 Å². The smallest absolute Gasteiger partial charge is 0.185 e. The van der Waals surface area contributed by atoms with Crippen molar-refractivity contribution in [1.29, 1.82) is 0 Å². The molecule has 3 nitrogen and oxygen atoms in total. The highest BCUT2D eigenvalue weighted by Crippen LogP contribution is 2.21. The van der Waals surface area contributed by atoms with E-state index in [-0.39, 0.29) is 0 Å². The molecule has 4 heteroatoms. The van der Waals surface area contributed by atoms with E-state index in [4.69, 9.17) is 0 Å². The third-order valence-electron chi connectivity index (χ3n) is 3.67. The average molecular weight is 229 g/mol. The van der Waals surface area contributed by atoms with E-state index in [9.17, 15) is 0 Å². The molecule has 0 bridgehead atoms. The van der Waals surface area contributed by atoms with Gasteiger partial charge in [-0.3, -0.25) is 0 Å². The summed E-state index contributed by atoms with van der Waals surface area (Å²) in [5.41, 5.74) is 0. The van der Waals surface area contributed by atoms with Crippen LogP contribution >= 0.6 is 0 Å². The van der Waals surface area contributed by atoms with Gasteiger partial charge in [-0.2, -0.15) is 0 Å². The van der Waals surface area contributed by atoms with Gasteiger partial charge in [0.15, 0.2) is 9.12 Å². The number of nitrogens with one attached hydrogen (secondary N) is 2. The number of nitrogens with zero attached hydrogens (tertiary/aromatic N) is 1. The maximum Gasteiger partial charge on any atom is 0.185 e. The van der Waals surface area contributed by atoms with E-state index >= 15 is 0 Å². The molecule has 0 saturated heterocycles. The first-order chi connectivity index (χ1) is 7.27. The molecule has 1 fully saturated rings. The fourth-order valence-electron chi connectivity index (χ4n) is 2.47. The van der Waals surface area contributed by atoms with Crippen molar-refractivity contribution in [3.05, 3.63) is 0 Å². The molecule has 1 rings (SSSR count). The molecule has 0 aromatic carbocycles. The van der Waals surface area contributed by atoms with Crippen LogP contribution in [0.1, 0.15) is 32.1 Å². The Kier molecular flexibility index (Phi) is 6.48. The molecule has 0 spiro atoms. The molecule has 0 heterocycles. The van der Waals surface area contributed by atoms with Crippen molar-refractivity contribution in [3.8, 4) is 0 Å². The summed E-state index contributed by atoms with van der Waals surface area (Å²) in [6.45, 7) is 1.25. The molecule has 15 heavy (non-hydrogen) atoms. The Bertz CT molecular complexity index is 156. The predicted molar refractivity (Wildman–Crippen MR) is 69.6 cm³/mol. The minimum Gasteiger partial charge on any atom is -0.331 e. The van der Waals surface area contributed by atoms with E-state index in [0.717, 1.165) is 6.04 Å². The monoisotopic (exact) mass is 229 g/mol. The SMILES string of the molecule is CN[SiH](CCN(C)C1CCCCC1)NC. The van der Waals surface area contributed by atoms with Crippen molar-refractivity contribution in [3.63, 3.8) is 0 Å². The maximum absolute atomic E-state index is 3.41. The van der Waals surface area contributed by atoms with E-state index < -0.39 is 9.12 Å². The van der Waals surface area contributed by atoms with E-state index in [0.29, 0.717) is 0 Å². The van der Waals surface area contributed by atoms with Gasteiger partial charge < -0.3 is 14.9 Å². The van der Waals surface area contributed by atoms with Gasteiger partial charge in [0, 0.05) is 6.04 Å². The Morgan fingerprint density at radius 2 is 1.73 bits per heavy atom. The summed E-state index contributed by atoms with van der Waals surface area (Å²) in [7, 11) is 5.61. The van der Waals surface area contributed by atoms with Crippen molar-refractivity contribution in [2.75, 3.05) is 27.7 Å². The lowest BCUT2D eigenvalue weighted by molar-refractivity contribution is 0.200. The molecule has 1 aliphatic carbocycles. The molecule has 0 unspecified atom stereocenters. The molecule has 0 aromatic heterocycles. The first-order valence-electron chi connectivity index (χ1n) is 6.32. The molecular formula is C11H27N3Si. The van der Waals surface area contributed by atoms with Crippen LogP contribution in [-0.4, -0.2) is 47.7 Å². The van der Waals surface area contributed by atoms with Gasteiger partial charge in [0.1, 0.15) is 0 Å². The second-order valence-electron chi connectivity index (χ2n) is 4.69. The fourth-order valence-corrected chi connectivity index (χ4v) is 4.00. The van der Waals surface area contributed by atoms with Gasteiger partial charge in [0.05, 0.1) is 0 Å². The fraction of sp³-hybridized carbons (Fsp3) is 1.00. The van der Waals surface area contributed by atoms with Crippen molar-refractivity contribution >= 4 is 9.12 Å². The molecular weight excluding hydrogens is 202 g/mol. The van der Waals surface area contributed by atoms with E-state index in [1.807, 2.05) is 0 Å².